The maximum Gasteiger partial charge on any atom is 0.239 e. The average molecular weight is 350 g/mol. The molecule has 2 aromatic heterocycles. The van der Waals surface area contributed by atoms with Gasteiger partial charge < -0.3 is 4.90 Å². The standard InChI is InChI=1S/C18H14N4O2S/c23-17-13-8-21(15-12-6-7-25-16(12)20-10-19-15)9-14(13)18(24)22(17)11-4-2-1-3-5-11/h1-7,10,13-14H,8-9H2. The third kappa shape index (κ3) is 2.09. The molecule has 0 N–H and O–H groups in total. The number of benzene rings is 1. The van der Waals surface area contributed by atoms with E-state index in [0.29, 0.717) is 18.8 Å². The van der Waals surface area contributed by atoms with Crippen LogP contribution in [0.3, 0.4) is 0 Å². The number of aromatic nitrogens is 2. The van der Waals surface area contributed by atoms with Crippen LogP contribution in [0.4, 0.5) is 11.5 Å². The molecule has 0 aliphatic carbocycles. The second-order valence-corrected chi connectivity index (χ2v) is 7.20. The van der Waals surface area contributed by atoms with Gasteiger partial charge in [0, 0.05) is 13.1 Å². The summed E-state index contributed by atoms with van der Waals surface area (Å²) in [5.41, 5.74) is 0.653. The molecule has 7 heteroatoms. The van der Waals surface area contributed by atoms with Gasteiger partial charge in [-0.25, -0.2) is 14.9 Å². The molecule has 2 unspecified atom stereocenters. The number of hydrogen-bond donors (Lipinski definition) is 0. The summed E-state index contributed by atoms with van der Waals surface area (Å²) in [7, 11) is 0. The Labute approximate surface area is 147 Å². The highest BCUT2D eigenvalue weighted by Crippen LogP contribution is 2.39. The summed E-state index contributed by atoms with van der Waals surface area (Å²) in [5, 5.41) is 2.96. The topological polar surface area (TPSA) is 66.4 Å². The number of amides is 2. The van der Waals surface area contributed by atoms with Gasteiger partial charge in [0.05, 0.1) is 22.9 Å². The van der Waals surface area contributed by atoms with Gasteiger partial charge in [-0.1, -0.05) is 18.2 Å². The summed E-state index contributed by atoms with van der Waals surface area (Å²) in [4.78, 5) is 38.6. The Kier molecular flexibility index (Phi) is 3.11. The maximum absolute atomic E-state index is 12.8. The van der Waals surface area contributed by atoms with Gasteiger partial charge in [-0.05, 0) is 23.6 Å². The Morgan fingerprint density at radius 1 is 0.960 bits per heavy atom. The van der Waals surface area contributed by atoms with Crippen molar-refractivity contribution in [3.05, 3.63) is 48.1 Å². The van der Waals surface area contributed by atoms with E-state index in [9.17, 15) is 9.59 Å². The summed E-state index contributed by atoms with van der Waals surface area (Å²) in [5.74, 6) is -0.0288. The second-order valence-electron chi connectivity index (χ2n) is 6.30. The zero-order valence-electron chi connectivity index (χ0n) is 13.2. The van der Waals surface area contributed by atoms with Gasteiger partial charge in [0.1, 0.15) is 17.0 Å². The van der Waals surface area contributed by atoms with Crippen LogP contribution in [0.2, 0.25) is 0 Å². The lowest BCUT2D eigenvalue weighted by Crippen LogP contribution is -2.36. The number of thiophene rings is 1. The van der Waals surface area contributed by atoms with E-state index in [2.05, 4.69) is 9.97 Å². The number of fused-ring (bicyclic) bond motifs is 2. The van der Waals surface area contributed by atoms with E-state index < -0.39 is 0 Å². The van der Waals surface area contributed by atoms with Crippen LogP contribution in [0.15, 0.2) is 48.1 Å². The number of para-hydroxylation sites is 1. The fraction of sp³-hybridized carbons (Fsp3) is 0.222. The summed E-state index contributed by atoms with van der Waals surface area (Å²) in [6, 6.07) is 11.1. The highest BCUT2D eigenvalue weighted by Gasteiger charge is 2.53. The molecule has 2 amide bonds. The Morgan fingerprint density at radius 3 is 2.40 bits per heavy atom. The quantitative estimate of drug-likeness (QED) is 0.664. The van der Waals surface area contributed by atoms with E-state index in [1.54, 1.807) is 29.8 Å². The Morgan fingerprint density at radius 2 is 1.68 bits per heavy atom. The van der Waals surface area contributed by atoms with Crippen LogP contribution in [0, 0.1) is 11.8 Å². The minimum Gasteiger partial charge on any atom is -0.354 e. The lowest BCUT2D eigenvalue weighted by Gasteiger charge is -2.21. The fourth-order valence-corrected chi connectivity index (χ4v) is 4.51. The number of nitrogens with zero attached hydrogens (tertiary/aromatic N) is 4. The first-order valence-corrected chi connectivity index (χ1v) is 8.98. The van der Waals surface area contributed by atoms with E-state index in [4.69, 9.17) is 0 Å². The molecule has 1 aromatic carbocycles. The van der Waals surface area contributed by atoms with Gasteiger partial charge in [0.25, 0.3) is 0 Å². The van der Waals surface area contributed by atoms with Crippen LogP contribution in [0.1, 0.15) is 0 Å². The van der Waals surface area contributed by atoms with Crippen molar-refractivity contribution in [1.82, 2.24) is 9.97 Å². The van der Waals surface area contributed by atoms with Crippen molar-refractivity contribution in [2.45, 2.75) is 0 Å². The molecule has 0 radical (unpaired) electrons. The Balaban J connectivity index is 1.47. The van der Waals surface area contributed by atoms with E-state index in [1.165, 1.54) is 4.90 Å². The minimum atomic E-state index is -0.309. The first-order valence-electron chi connectivity index (χ1n) is 8.10. The lowest BCUT2D eigenvalue weighted by molar-refractivity contribution is -0.122. The minimum absolute atomic E-state index is 0.112. The SMILES string of the molecule is O=C1C2CN(c3ncnc4sccc34)CC2C(=O)N1c1ccccc1. The largest absolute Gasteiger partial charge is 0.354 e. The van der Waals surface area contributed by atoms with E-state index >= 15 is 0 Å². The molecule has 0 bridgehead atoms. The third-order valence-corrected chi connectivity index (χ3v) is 5.77. The van der Waals surface area contributed by atoms with Gasteiger partial charge in [0.15, 0.2) is 0 Å². The van der Waals surface area contributed by atoms with Gasteiger partial charge in [-0.3, -0.25) is 9.59 Å². The van der Waals surface area contributed by atoms with Crippen LogP contribution < -0.4 is 9.80 Å². The van der Waals surface area contributed by atoms with Crippen molar-refractivity contribution in [2.75, 3.05) is 22.9 Å². The number of carbonyl (C=O) groups is 2. The second kappa shape index (κ2) is 5.35. The predicted molar refractivity (Wildman–Crippen MR) is 95.5 cm³/mol. The molecule has 124 valence electrons. The molecule has 3 aromatic rings. The first-order chi connectivity index (χ1) is 12.2. The van der Waals surface area contributed by atoms with Crippen molar-refractivity contribution in [1.29, 1.82) is 0 Å². The zero-order valence-corrected chi connectivity index (χ0v) is 14.0. The predicted octanol–water partition coefficient (Wildman–Crippen LogP) is 2.32. The Bertz CT molecular complexity index is 963. The highest BCUT2D eigenvalue weighted by atomic mass is 32.1. The molecule has 25 heavy (non-hydrogen) atoms. The van der Waals surface area contributed by atoms with Crippen LogP contribution in [0.5, 0.6) is 0 Å². The first kappa shape index (κ1) is 14.5. The lowest BCUT2D eigenvalue weighted by atomic mass is 10.00. The number of anilines is 2. The van der Waals surface area contributed by atoms with E-state index in [1.807, 2.05) is 34.5 Å². The van der Waals surface area contributed by atoms with Crippen molar-refractivity contribution < 1.29 is 9.59 Å². The van der Waals surface area contributed by atoms with Crippen LogP contribution in [-0.4, -0.2) is 34.9 Å². The van der Waals surface area contributed by atoms with Crippen LogP contribution in [0.25, 0.3) is 10.2 Å². The number of carbonyl (C=O) groups excluding carboxylic acids is 2. The molecule has 0 spiro atoms. The summed E-state index contributed by atoms with van der Waals surface area (Å²) in [6.07, 6.45) is 1.54. The number of rotatable bonds is 2. The van der Waals surface area contributed by atoms with Crippen molar-refractivity contribution >= 4 is 44.9 Å². The smallest absolute Gasteiger partial charge is 0.239 e. The molecule has 2 saturated heterocycles. The van der Waals surface area contributed by atoms with Gasteiger partial charge in [0.2, 0.25) is 11.8 Å². The third-order valence-electron chi connectivity index (χ3n) is 4.95. The monoisotopic (exact) mass is 350 g/mol. The van der Waals surface area contributed by atoms with E-state index in [0.717, 1.165) is 16.0 Å². The molecule has 0 saturated carbocycles. The van der Waals surface area contributed by atoms with Crippen LogP contribution in [-0.2, 0) is 9.59 Å². The molecule has 4 heterocycles. The molecule has 6 nitrogen and oxygen atoms in total. The number of imide groups is 1. The summed E-state index contributed by atoms with van der Waals surface area (Å²) < 4.78 is 0. The van der Waals surface area contributed by atoms with Gasteiger partial charge >= 0.3 is 0 Å². The Hall–Kier alpha value is -2.80. The number of hydrogen-bond acceptors (Lipinski definition) is 6. The molecule has 2 aliphatic rings. The van der Waals surface area contributed by atoms with E-state index in [-0.39, 0.29) is 23.7 Å². The normalized spacial score (nSPS) is 22.9. The summed E-state index contributed by atoms with van der Waals surface area (Å²) >= 11 is 1.56. The van der Waals surface area contributed by atoms with Gasteiger partial charge in [-0.2, -0.15) is 0 Å². The highest BCUT2D eigenvalue weighted by molar-refractivity contribution is 7.16. The zero-order chi connectivity index (χ0) is 17.0. The molecule has 2 atom stereocenters. The summed E-state index contributed by atoms with van der Waals surface area (Å²) in [6.45, 7) is 1.03. The molecular formula is C18H14N4O2S. The fourth-order valence-electron chi connectivity index (χ4n) is 3.78. The molecule has 2 aliphatic heterocycles. The maximum atomic E-state index is 12.8. The van der Waals surface area contributed by atoms with Crippen molar-refractivity contribution in [3.63, 3.8) is 0 Å². The molecular weight excluding hydrogens is 336 g/mol. The van der Waals surface area contributed by atoms with Crippen LogP contribution >= 0.6 is 11.3 Å². The average Bonchev–Trinajstić information content (AvgIpc) is 3.33. The van der Waals surface area contributed by atoms with Crippen molar-refractivity contribution in [2.24, 2.45) is 11.8 Å². The molecule has 5 rings (SSSR count). The molecule has 2 fully saturated rings. The van der Waals surface area contributed by atoms with Crippen molar-refractivity contribution in [3.8, 4) is 0 Å². The van der Waals surface area contributed by atoms with Gasteiger partial charge in [-0.15, -0.1) is 11.3 Å².